The second-order valence-corrected chi connectivity index (χ2v) is 5.68. The highest BCUT2D eigenvalue weighted by atomic mass is 19.1. The van der Waals surface area contributed by atoms with Gasteiger partial charge in [-0.1, -0.05) is 12.1 Å². The van der Waals surface area contributed by atoms with E-state index in [0.717, 1.165) is 13.0 Å². The molecule has 0 spiro atoms. The first-order valence-electron chi connectivity index (χ1n) is 7.58. The fourth-order valence-corrected chi connectivity index (χ4v) is 2.62. The maximum Gasteiger partial charge on any atom is 0.251 e. The molecule has 4 nitrogen and oxygen atoms in total. The van der Waals surface area contributed by atoms with Crippen LogP contribution in [0.1, 0.15) is 16.8 Å². The molecule has 0 unspecified atom stereocenters. The monoisotopic (exact) mass is 315 g/mol. The molecular formula is C18H18FNO3. The highest BCUT2D eigenvalue weighted by molar-refractivity contribution is 5.94. The zero-order chi connectivity index (χ0) is 16.2. The Kier molecular flexibility index (Phi) is 4.57. The van der Waals surface area contributed by atoms with E-state index in [1.807, 2.05) is 0 Å². The Morgan fingerprint density at radius 2 is 2.04 bits per heavy atom. The van der Waals surface area contributed by atoms with Gasteiger partial charge in [-0.3, -0.25) is 4.79 Å². The van der Waals surface area contributed by atoms with Crippen molar-refractivity contribution in [3.8, 4) is 16.9 Å². The highest BCUT2D eigenvalue weighted by Gasteiger charge is 2.17. The van der Waals surface area contributed by atoms with Crippen LogP contribution < -0.4 is 5.32 Å². The smallest absolute Gasteiger partial charge is 0.251 e. The quantitative estimate of drug-likeness (QED) is 0.912. The largest absolute Gasteiger partial charge is 0.507 e. The van der Waals surface area contributed by atoms with Crippen LogP contribution in [0.4, 0.5) is 4.39 Å². The molecule has 0 aromatic heterocycles. The maximum absolute atomic E-state index is 13.3. The normalized spacial score (nSPS) is 17.2. The van der Waals surface area contributed by atoms with Crippen LogP contribution in [0, 0.1) is 11.7 Å². The second kappa shape index (κ2) is 6.79. The first-order chi connectivity index (χ1) is 11.1. The number of ether oxygens (including phenoxy) is 1. The fraction of sp³-hybridized carbons (Fsp3) is 0.278. The lowest BCUT2D eigenvalue weighted by Gasteiger charge is -2.10. The van der Waals surface area contributed by atoms with Crippen molar-refractivity contribution in [3.05, 3.63) is 53.8 Å². The van der Waals surface area contributed by atoms with Crippen molar-refractivity contribution < 1.29 is 19.0 Å². The summed E-state index contributed by atoms with van der Waals surface area (Å²) in [5, 5.41) is 12.7. The first kappa shape index (κ1) is 15.5. The Morgan fingerprint density at radius 3 is 2.74 bits per heavy atom. The molecule has 2 aromatic carbocycles. The predicted octanol–water partition coefficient (Wildman–Crippen LogP) is 2.96. The van der Waals surface area contributed by atoms with Crippen molar-refractivity contribution in [1.82, 2.24) is 5.32 Å². The highest BCUT2D eigenvalue weighted by Crippen LogP contribution is 2.29. The van der Waals surface area contributed by atoms with Gasteiger partial charge < -0.3 is 15.2 Å². The number of rotatable bonds is 4. The van der Waals surface area contributed by atoms with E-state index >= 15 is 0 Å². The topological polar surface area (TPSA) is 58.6 Å². The van der Waals surface area contributed by atoms with Crippen LogP contribution in [0.5, 0.6) is 5.75 Å². The number of amides is 1. The minimum atomic E-state index is -0.418. The molecule has 5 heteroatoms. The number of benzene rings is 2. The van der Waals surface area contributed by atoms with Gasteiger partial charge in [-0.25, -0.2) is 4.39 Å². The minimum absolute atomic E-state index is 0.00448. The molecule has 1 fully saturated rings. The maximum atomic E-state index is 13.3. The number of carbonyl (C=O) groups is 1. The number of phenolic OH excluding ortho intramolecular Hbond substituents is 1. The van der Waals surface area contributed by atoms with E-state index in [4.69, 9.17) is 4.74 Å². The summed E-state index contributed by atoms with van der Waals surface area (Å²) in [5.74, 6) is -0.183. The molecule has 3 rings (SSSR count). The van der Waals surface area contributed by atoms with Gasteiger partial charge in [0, 0.05) is 30.2 Å². The van der Waals surface area contributed by atoms with Crippen LogP contribution in [0.2, 0.25) is 0 Å². The van der Waals surface area contributed by atoms with Gasteiger partial charge in [0.1, 0.15) is 11.6 Å². The standard InChI is InChI=1S/C18H18FNO3/c19-15-5-6-17(21)16(9-15)13-1-3-14(4-2-13)18(22)20-10-12-7-8-23-11-12/h1-6,9,12,21H,7-8,10-11H2,(H,20,22)/t12-/m1/s1. The van der Waals surface area contributed by atoms with Gasteiger partial charge in [-0.2, -0.15) is 0 Å². The Balaban J connectivity index is 1.68. The Hall–Kier alpha value is -2.40. The molecule has 2 N–H and O–H groups in total. The minimum Gasteiger partial charge on any atom is -0.507 e. The number of phenols is 1. The van der Waals surface area contributed by atoms with E-state index in [0.29, 0.717) is 35.8 Å². The molecule has 0 radical (unpaired) electrons. The van der Waals surface area contributed by atoms with Crippen LogP contribution in [0.15, 0.2) is 42.5 Å². The molecule has 1 heterocycles. The predicted molar refractivity (Wildman–Crippen MR) is 84.8 cm³/mol. The Bertz CT molecular complexity index is 694. The van der Waals surface area contributed by atoms with Gasteiger partial charge in [0.15, 0.2) is 0 Å². The van der Waals surface area contributed by atoms with Crippen molar-refractivity contribution in [2.24, 2.45) is 5.92 Å². The van der Waals surface area contributed by atoms with Gasteiger partial charge >= 0.3 is 0 Å². The van der Waals surface area contributed by atoms with Gasteiger partial charge in [0.25, 0.3) is 5.91 Å². The fourth-order valence-electron chi connectivity index (χ4n) is 2.62. The van der Waals surface area contributed by atoms with Gasteiger partial charge in [0.2, 0.25) is 0 Å². The van der Waals surface area contributed by atoms with Crippen LogP contribution in [0.25, 0.3) is 11.1 Å². The average Bonchev–Trinajstić information content (AvgIpc) is 3.08. The first-order valence-corrected chi connectivity index (χ1v) is 7.58. The summed E-state index contributed by atoms with van der Waals surface area (Å²) in [4.78, 5) is 12.1. The van der Waals surface area contributed by atoms with Crippen LogP contribution in [-0.2, 0) is 4.74 Å². The molecule has 1 amide bonds. The zero-order valence-electron chi connectivity index (χ0n) is 12.6. The lowest BCUT2D eigenvalue weighted by Crippen LogP contribution is -2.29. The van der Waals surface area contributed by atoms with Crippen molar-refractivity contribution in [1.29, 1.82) is 0 Å². The lowest BCUT2D eigenvalue weighted by molar-refractivity contribution is 0.0945. The van der Waals surface area contributed by atoms with Crippen LogP contribution in [0.3, 0.4) is 0 Å². The van der Waals surface area contributed by atoms with Gasteiger partial charge in [-0.15, -0.1) is 0 Å². The summed E-state index contributed by atoms with van der Waals surface area (Å²) < 4.78 is 18.6. The van der Waals surface area contributed by atoms with E-state index in [2.05, 4.69) is 5.32 Å². The van der Waals surface area contributed by atoms with E-state index < -0.39 is 5.82 Å². The summed E-state index contributed by atoms with van der Waals surface area (Å²) in [6.45, 7) is 2.05. The van der Waals surface area contributed by atoms with E-state index in [1.54, 1.807) is 24.3 Å². The summed E-state index contributed by atoms with van der Waals surface area (Å²) in [6, 6.07) is 10.5. The molecule has 0 saturated carbocycles. The molecule has 1 aliphatic rings. The Labute approximate surface area is 133 Å². The van der Waals surface area contributed by atoms with Crippen molar-refractivity contribution >= 4 is 5.91 Å². The third kappa shape index (κ3) is 3.68. The number of hydrogen-bond acceptors (Lipinski definition) is 3. The third-order valence-electron chi connectivity index (χ3n) is 3.99. The number of hydrogen-bond donors (Lipinski definition) is 2. The number of aromatic hydroxyl groups is 1. The summed E-state index contributed by atoms with van der Waals surface area (Å²) in [5.41, 5.74) is 1.59. The van der Waals surface area contributed by atoms with Crippen LogP contribution >= 0.6 is 0 Å². The molecule has 23 heavy (non-hydrogen) atoms. The molecule has 0 bridgehead atoms. The van der Waals surface area contributed by atoms with Gasteiger partial charge in [0.05, 0.1) is 6.61 Å². The van der Waals surface area contributed by atoms with E-state index in [-0.39, 0.29) is 11.7 Å². The molecule has 2 aromatic rings. The molecule has 1 atom stereocenters. The third-order valence-corrected chi connectivity index (χ3v) is 3.99. The number of halogens is 1. The molecule has 120 valence electrons. The number of nitrogens with one attached hydrogen (secondary N) is 1. The zero-order valence-corrected chi connectivity index (χ0v) is 12.6. The summed E-state index contributed by atoms with van der Waals surface area (Å²) >= 11 is 0. The summed E-state index contributed by atoms with van der Waals surface area (Å²) in [7, 11) is 0. The van der Waals surface area contributed by atoms with Gasteiger partial charge in [-0.05, 0) is 42.3 Å². The second-order valence-electron chi connectivity index (χ2n) is 5.68. The van der Waals surface area contributed by atoms with Crippen molar-refractivity contribution in [2.75, 3.05) is 19.8 Å². The van der Waals surface area contributed by atoms with E-state index in [1.165, 1.54) is 18.2 Å². The number of carbonyl (C=O) groups excluding carboxylic acids is 1. The average molecular weight is 315 g/mol. The Morgan fingerprint density at radius 1 is 1.26 bits per heavy atom. The molecule has 1 saturated heterocycles. The van der Waals surface area contributed by atoms with Crippen molar-refractivity contribution in [2.45, 2.75) is 6.42 Å². The van der Waals surface area contributed by atoms with Crippen LogP contribution in [-0.4, -0.2) is 30.8 Å². The lowest BCUT2D eigenvalue weighted by atomic mass is 10.0. The molecule has 1 aliphatic heterocycles. The van der Waals surface area contributed by atoms with Crippen molar-refractivity contribution in [3.63, 3.8) is 0 Å². The summed E-state index contributed by atoms with van der Waals surface area (Å²) in [6.07, 6.45) is 0.970. The molecule has 0 aliphatic carbocycles. The van der Waals surface area contributed by atoms with E-state index in [9.17, 15) is 14.3 Å². The SMILES string of the molecule is O=C(NC[C@H]1CCOC1)c1ccc(-c2cc(F)ccc2O)cc1. The molecular weight excluding hydrogens is 297 g/mol.